The Morgan fingerprint density at radius 1 is 1.21 bits per heavy atom. The molecule has 186 valence electrons. The largest absolute Gasteiger partial charge is 0.496 e. The minimum absolute atomic E-state index is 0.0932. The summed E-state index contributed by atoms with van der Waals surface area (Å²) >= 11 is 0. The zero-order valence-corrected chi connectivity index (χ0v) is 21.7. The van der Waals surface area contributed by atoms with E-state index in [-0.39, 0.29) is 23.3 Å². The number of hydrogen-bond acceptors (Lipinski definition) is 5. The predicted molar refractivity (Wildman–Crippen MR) is 136 cm³/mol. The fraction of sp³-hybridized carbons (Fsp3) is 0.500. The van der Waals surface area contributed by atoms with Crippen molar-refractivity contribution in [1.29, 1.82) is 0 Å². The van der Waals surface area contributed by atoms with Crippen LogP contribution in [0, 0.1) is 5.92 Å². The fourth-order valence-electron chi connectivity index (χ4n) is 4.36. The van der Waals surface area contributed by atoms with Crippen molar-refractivity contribution in [2.75, 3.05) is 39.2 Å². The first-order valence-corrected chi connectivity index (χ1v) is 13.3. The molecule has 0 bridgehead atoms. The van der Waals surface area contributed by atoms with Crippen molar-refractivity contribution in [2.24, 2.45) is 5.92 Å². The van der Waals surface area contributed by atoms with Crippen molar-refractivity contribution < 1.29 is 17.9 Å². The third-order valence-corrected chi connectivity index (χ3v) is 8.26. The summed E-state index contributed by atoms with van der Waals surface area (Å²) in [6, 6.07) is 13.1. The molecule has 0 radical (unpaired) electrons. The number of hydrogen-bond donors (Lipinski definition) is 1. The van der Waals surface area contributed by atoms with Gasteiger partial charge < -0.3 is 15.0 Å². The maximum Gasteiger partial charge on any atom is 0.242 e. The van der Waals surface area contributed by atoms with Crippen LogP contribution in [0.2, 0.25) is 0 Å². The molecule has 0 unspecified atom stereocenters. The molecule has 1 aliphatic heterocycles. The van der Waals surface area contributed by atoms with E-state index in [1.807, 2.05) is 6.92 Å². The Morgan fingerprint density at radius 2 is 1.91 bits per heavy atom. The van der Waals surface area contributed by atoms with Crippen molar-refractivity contribution >= 4 is 21.6 Å². The molecule has 1 N–H and O–H groups in total. The third-order valence-electron chi connectivity index (χ3n) is 6.44. The summed E-state index contributed by atoms with van der Waals surface area (Å²) in [6.07, 6.45) is 3.13. The summed E-state index contributed by atoms with van der Waals surface area (Å²) in [5, 5.41) is 3.05. The second kappa shape index (κ2) is 11.2. The number of carbonyl (C=O) groups is 1. The monoisotopic (exact) mass is 487 g/mol. The normalized spacial score (nSPS) is 17.5. The minimum atomic E-state index is -3.56. The fourth-order valence-corrected chi connectivity index (χ4v) is 5.32. The number of methoxy groups -OCH3 is 1. The first kappa shape index (κ1) is 26.0. The lowest BCUT2D eigenvalue weighted by Gasteiger charge is -2.33. The van der Waals surface area contributed by atoms with Gasteiger partial charge in [0.25, 0.3) is 0 Å². The standard InChI is InChI=1S/C26H37N3O4S/c1-19-7-6-16-29(18-19)23-11-8-21(9-12-23)20(2)27-26(30)15-10-22-17-24(13-14-25(22)33-5)34(31,32)28(3)4/h8-9,11-14,17,19-20H,6-7,10,15-16,18H2,1-5H3,(H,27,30)/t19-,20+/m1/s1. The molecule has 1 fully saturated rings. The smallest absolute Gasteiger partial charge is 0.242 e. The van der Waals surface area contributed by atoms with Crippen LogP contribution in [0.3, 0.4) is 0 Å². The van der Waals surface area contributed by atoms with Gasteiger partial charge in [-0.15, -0.1) is 0 Å². The molecular formula is C26H37N3O4S. The van der Waals surface area contributed by atoms with Gasteiger partial charge in [0.05, 0.1) is 18.0 Å². The van der Waals surface area contributed by atoms with E-state index in [0.717, 1.165) is 18.7 Å². The van der Waals surface area contributed by atoms with E-state index in [9.17, 15) is 13.2 Å². The molecular weight excluding hydrogens is 450 g/mol. The summed E-state index contributed by atoms with van der Waals surface area (Å²) in [6.45, 7) is 6.45. The summed E-state index contributed by atoms with van der Waals surface area (Å²) in [4.78, 5) is 15.3. The van der Waals surface area contributed by atoms with Crippen LogP contribution >= 0.6 is 0 Å². The summed E-state index contributed by atoms with van der Waals surface area (Å²) in [7, 11) is 0.965. The SMILES string of the molecule is COc1ccc(S(=O)(=O)N(C)C)cc1CCC(=O)N[C@@H](C)c1ccc(N2CCC[C@@H](C)C2)cc1. The molecule has 0 spiro atoms. The van der Waals surface area contributed by atoms with Gasteiger partial charge in [-0.1, -0.05) is 19.1 Å². The first-order valence-electron chi connectivity index (χ1n) is 11.9. The number of carbonyl (C=O) groups excluding carboxylic acids is 1. The number of nitrogens with zero attached hydrogens (tertiary/aromatic N) is 2. The quantitative estimate of drug-likeness (QED) is 0.579. The number of nitrogens with one attached hydrogen (secondary N) is 1. The van der Waals surface area contributed by atoms with Gasteiger partial charge in [-0.3, -0.25) is 4.79 Å². The van der Waals surface area contributed by atoms with Crippen molar-refractivity contribution in [3.05, 3.63) is 53.6 Å². The zero-order valence-electron chi connectivity index (χ0n) is 20.9. The number of anilines is 1. The summed E-state index contributed by atoms with van der Waals surface area (Å²) in [5.74, 6) is 1.19. The molecule has 2 aromatic carbocycles. The highest BCUT2D eigenvalue weighted by Crippen LogP contribution is 2.26. The summed E-state index contributed by atoms with van der Waals surface area (Å²) < 4.78 is 31.5. The van der Waals surface area contributed by atoms with Crippen LogP contribution in [0.15, 0.2) is 47.4 Å². The topological polar surface area (TPSA) is 79.0 Å². The number of rotatable bonds is 9. The Kier molecular flexibility index (Phi) is 8.60. The lowest BCUT2D eigenvalue weighted by atomic mass is 9.99. The molecule has 3 rings (SSSR count). The van der Waals surface area contributed by atoms with E-state index in [0.29, 0.717) is 23.7 Å². The number of aryl methyl sites for hydroxylation is 1. The second-order valence-corrected chi connectivity index (χ2v) is 11.5. The predicted octanol–water partition coefficient (Wildman–Crippen LogP) is 3.99. The number of benzene rings is 2. The van der Waals surface area contributed by atoms with E-state index in [1.165, 1.54) is 50.1 Å². The molecule has 0 aromatic heterocycles. The molecule has 1 saturated heterocycles. The molecule has 2 atom stereocenters. The van der Waals surface area contributed by atoms with E-state index >= 15 is 0 Å². The molecule has 1 amide bonds. The molecule has 7 nitrogen and oxygen atoms in total. The highest BCUT2D eigenvalue weighted by atomic mass is 32.2. The Morgan fingerprint density at radius 3 is 2.53 bits per heavy atom. The Bertz CT molecular complexity index is 1080. The van der Waals surface area contributed by atoms with Gasteiger partial charge in [-0.05, 0) is 73.6 Å². The van der Waals surface area contributed by atoms with Gasteiger partial charge >= 0.3 is 0 Å². The number of amides is 1. The molecule has 0 aliphatic carbocycles. The van der Waals surface area contributed by atoms with Crippen molar-refractivity contribution in [2.45, 2.75) is 50.5 Å². The third kappa shape index (κ3) is 6.30. The Labute approximate surface area is 204 Å². The van der Waals surface area contributed by atoms with Crippen LogP contribution in [0.1, 0.15) is 50.3 Å². The molecule has 2 aromatic rings. The van der Waals surface area contributed by atoms with Gasteiger partial charge in [0.2, 0.25) is 15.9 Å². The molecule has 0 saturated carbocycles. The van der Waals surface area contributed by atoms with Crippen LogP contribution in [-0.4, -0.2) is 52.9 Å². The molecule has 1 heterocycles. The van der Waals surface area contributed by atoms with Crippen LogP contribution in [0.5, 0.6) is 5.75 Å². The number of piperidine rings is 1. The van der Waals surface area contributed by atoms with Crippen molar-refractivity contribution in [3.63, 3.8) is 0 Å². The minimum Gasteiger partial charge on any atom is -0.496 e. The van der Waals surface area contributed by atoms with Crippen LogP contribution in [-0.2, 0) is 21.2 Å². The van der Waals surface area contributed by atoms with Crippen LogP contribution < -0.4 is 15.0 Å². The highest BCUT2D eigenvalue weighted by Gasteiger charge is 2.20. The number of ether oxygens (including phenoxy) is 1. The van der Waals surface area contributed by atoms with Gasteiger partial charge in [-0.2, -0.15) is 0 Å². The van der Waals surface area contributed by atoms with Gasteiger partial charge in [0.15, 0.2) is 0 Å². The van der Waals surface area contributed by atoms with Crippen LogP contribution in [0.4, 0.5) is 5.69 Å². The highest BCUT2D eigenvalue weighted by molar-refractivity contribution is 7.89. The maximum absolute atomic E-state index is 12.7. The average molecular weight is 488 g/mol. The first-order chi connectivity index (χ1) is 16.1. The van der Waals surface area contributed by atoms with Crippen molar-refractivity contribution in [1.82, 2.24) is 9.62 Å². The molecule has 34 heavy (non-hydrogen) atoms. The molecule has 1 aliphatic rings. The van der Waals surface area contributed by atoms with Crippen LogP contribution in [0.25, 0.3) is 0 Å². The lowest BCUT2D eigenvalue weighted by molar-refractivity contribution is -0.121. The second-order valence-electron chi connectivity index (χ2n) is 9.34. The zero-order chi connectivity index (χ0) is 24.9. The van der Waals surface area contributed by atoms with Gasteiger partial charge in [-0.25, -0.2) is 12.7 Å². The Hall–Kier alpha value is -2.58. The molecule has 8 heteroatoms. The van der Waals surface area contributed by atoms with Gasteiger partial charge in [0, 0.05) is 39.3 Å². The maximum atomic E-state index is 12.7. The van der Waals surface area contributed by atoms with E-state index < -0.39 is 10.0 Å². The summed E-state index contributed by atoms with van der Waals surface area (Å²) in [5.41, 5.74) is 2.97. The van der Waals surface area contributed by atoms with E-state index in [4.69, 9.17) is 4.74 Å². The van der Waals surface area contributed by atoms with Gasteiger partial charge in [0.1, 0.15) is 5.75 Å². The average Bonchev–Trinajstić information content (AvgIpc) is 2.82. The number of sulfonamides is 1. The van der Waals surface area contributed by atoms with Crippen molar-refractivity contribution in [3.8, 4) is 5.75 Å². The lowest BCUT2D eigenvalue weighted by Crippen LogP contribution is -2.34. The Balaban J connectivity index is 1.60. The van der Waals surface area contributed by atoms with E-state index in [2.05, 4.69) is 41.4 Å². The van der Waals surface area contributed by atoms with E-state index in [1.54, 1.807) is 12.1 Å².